The highest BCUT2D eigenvalue weighted by molar-refractivity contribution is 5.79. The monoisotopic (exact) mass is 395 g/mol. The molecule has 0 bridgehead atoms. The maximum absolute atomic E-state index is 12.5. The van der Waals surface area contributed by atoms with Gasteiger partial charge in [-0.3, -0.25) is 4.99 Å². The highest BCUT2D eigenvalue weighted by Gasteiger charge is 2.30. The average Bonchev–Trinajstić information content (AvgIpc) is 2.70. The fourth-order valence-electron chi connectivity index (χ4n) is 2.33. The molecule has 0 aliphatic carbocycles. The largest absolute Gasteiger partial charge is 0.497 e. The second kappa shape index (κ2) is 10.4. The minimum absolute atomic E-state index is 0.412. The van der Waals surface area contributed by atoms with Gasteiger partial charge in [-0.25, -0.2) is 4.98 Å². The van der Waals surface area contributed by atoms with Crippen molar-refractivity contribution in [1.29, 1.82) is 0 Å². The number of benzene rings is 1. The summed E-state index contributed by atoms with van der Waals surface area (Å²) in [6, 6.07) is 10.1. The molecule has 1 aromatic heterocycles. The molecule has 1 aromatic carbocycles. The molecule has 0 fully saturated rings. The second-order valence-corrected chi connectivity index (χ2v) is 5.91. The van der Waals surface area contributed by atoms with Crippen molar-refractivity contribution in [3.8, 4) is 5.75 Å². The van der Waals surface area contributed by atoms with Crippen molar-refractivity contribution in [1.82, 2.24) is 15.6 Å². The fraction of sp³-hybridized carbons (Fsp3) is 0.368. The third-order valence-corrected chi connectivity index (χ3v) is 3.89. The summed E-state index contributed by atoms with van der Waals surface area (Å²) in [5.74, 6) is 1.89. The van der Waals surface area contributed by atoms with Gasteiger partial charge in [-0.05, 0) is 36.2 Å². The Bertz CT molecular complexity index is 746. The first kappa shape index (κ1) is 21.3. The van der Waals surface area contributed by atoms with Crippen LogP contribution in [0.3, 0.4) is 0 Å². The van der Waals surface area contributed by atoms with Gasteiger partial charge in [-0.2, -0.15) is 13.2 Å². The summed E-state index contributed by atoms with van der Waals surface area (Å²) in [5.41, 5.74) is 0.338. The van der Waals surface area contributed by atoms with E-state index in [9.17, 15) is 13.2 Å². The Hall–Kier alpha value is -2.97. The Morgan fingerprint density at radius 1 is 1.07 bits per heavy atom. The van der Waals surface area contributed by atoms with E-state index in [1.807, 2.05) is 24.3 Å². The van der Waals surface area contributed by atoms with Gasteiger partial charge in [0.25, 0.3) is 0 Å². The van der Waals surface area contributed by atoms with Crippen LogP contribution in [0, 0.1) is 0 Å². The molecule has 9 heteroatoms. The van der Waals surface area contributed by atoms with Crippen molar-refractivity contribution >= 4 is 11.8 Å². The summed E-state index contributed by atoms with van der Waals surface area (Å²) < 4.78 is 42.6. The number of aliphatic imine (C=N–C) groups is 1. The van der Waals surface area contributed by atoms with E-state index in [-0.39, 0.29) is 0 Å². The number of guanidine groups is 1. The van der Waals surface area contributed by atoms with Crippen LogP contribution in [0.1, 0.15) is 17.5 Å². The van der Waals surface area contributed by atoms with Gasteiger partial charge < -0.3 is 20.7 Å². The summed E-state index contributed by atoms with van der Waals surface area (Å²) in [6.45, 7) is 1.84. The first-order valence-electron chi connectivity index (χ1n) is 8.77. The minimum Gasteiger partial charge on any atom is -0.497 e. The zero-order valence-corrected chi connectivity index (χ0v) is 15.8. The fourth-order valence-corrected chi connectivity index (χ4v) is 2.33. The Balaban J connectivity index is 1.65. The van der Waals surface area contributed by atoms with E-state index in [1.165, 1.54) is 6.07 Å². The van der Waals surface area contributed by atoms with Crippen LogP contribution in [-0.2, 0) is 12.7 Å². The summed E-state index contributed by atoms with van der Waals surface area (Å²) in [7, 11) is 3.31. The number of hydrogen-bond donors (Lipinski definition) is 3. The molecule has 0 unspecified atom stereocenters. The molecule has 1 heterocycles. The number of nitrogens with one attached hydrogen (secondary N) is 3. The Kier molecular flexibility index (Phi) is 7.91. The molecule has 0 saturated heterocycles. The van der Waals surface area contributed by atoms with Gasteiger partial charge in [0, 0.05) is 32.9 Å². The van der Waals surface area contributed by atoms with Crippen LogP contribution < -0.4 is 20.7 Å². The van der Waals surface area contributed by atoms with Gasteiger partial charge in [-0.15, -0.1) is 0 Å². The average molecular weight is 395 g/mol. The lowest BCUT2D eigenvalue weighted by Gasteiger charge is -2.13. The minimum atomic E-state index is -4.37. The number of aromatic nitrogens is 1. The van der Waals surface area contributed by atoms with Crippen molar-refractivity contribution in [2.75, 3.05) is 32.6 Å². The number of pyridine rings is 1. The zero-order chi connectivity index (χ0) is 20.4. The Labute approximate surface area is 162 Å². The standard InChI is InChI=1S/C19H24F3N5O/c1-23-18(27-12-14-4-7-16(28-2)8-5-14)25-11-3-10-24-17-9-6-15(13-26-17)19(20,21)22/h4-9,13H,3,10-12H2,1-2H3,(H,24,26)(H2,23,25,27). The molecule has 0 radical (unpaired) electrons. The van der Waals surface area contributed by atoms with Crippen molar-refractivity contribution in [2.45, 2.75) is 19.1 Å². The summed E-state index contributed by atoms with van der Waals surface area (Å²) >= 11 is 0. The summed E-state index contributed by atoms with van der Waals surface area (Å²) in [4.78, 5) is 7.93. The number of nitrogens with zero attached hydrogens (tertiary/aromatic N) is 2. The molecule has 2 rings (SSSR count). The first-order valence-corrected chi connectivity index (χ1v) is 8.77. The smallest absolute Gasteiger partial charge is 0.417 e. The van der Waals surface area contributed by atoms with E-state index in [2.05, 4.69) is 25.9 Å². The van der Waals surface area contributed by atoms with Crippen molar-refractivity contribution < 1.29 is 17.9 Å². The first-order chi connectivity index (χ1) is 13.4. The number of methoxy groups -OCH3 is 1. The zero-order valence-electron chi connectivity index (χ0n) is 15.8. The molecule has 28 heavy (non-hydrogen) atoms. The molecular formula is C19H24F3N5O. The quantitative estimate of drug-likeness (QED) is 0.364. The Morgan fingerprint density at radius 3 is 2.39 bits per heavy atom. The van der Waals surface area contributed by atoms with E-state index in [0.29, 0.717) is 31.4 Å². The SMILES string of the molecule is CN=C(NCCCNc1ccc(C(F)(F)F)cn1)NCc1ccc(OC)cc1. The van der Waals surface area contributed by atoms with Gasteiger partial charge in [0.05, 0.1) is 12.7 Å². The molecule has 152 valence electrons. The van der Waals surface area contributed by atoms with Gasteiger partial charge in [0.1, 0.15) is 11.6 Å². The number of halogens is 3. The van der Waals surface area contributed by atoms with Crippen LogP contribution in [-0.4, -0.2) is 38.2 Å². The van der Waals surface area contributed by atoms with Crippen molar-refractivity contribution in [2.24, 2.45) is 4.99 Å². The van der Waals surface area contributed by atoms with Crippen LogP contribution in [0.2, 0.25) is 0 Å². The second-order valence-electron chi connectivity index (χ2n) is 5.91. The summed E-state index contributed by atoms with van der Waals surface area (Å²) in [5, 5.41) is 9.39. The van der Waals surface area contributed by atoms with Gasteiger partial charge >= 0.3 is 6.18 Å². The van der Waals surface area contributed by atoms with E-state index in [0.717, 1.165) is 30.0 Å². The van der Waals surface area contributed by atoms with Gasteiger partial charge in [0.15, 0.2) is 5.96 Å². The molecule has 3 N–H and O–H groups in total. The lowest BCUT2D eigenvalue weighted by molar-refractivity contribution is -0.137. The topological polar surface area (TPSA) is 70.6 Å². The molecule has 6 nitrogen and oxygen atoms in total. The lowest BCUT2D eigenvalue weighted by atomic mass is 10.2. The predicted octanol–water partition coefficient (Wildman–Crippen LogP) is 3.28. The highest BCUT2D eigenvalue weighted by atomic mass is 19.4. The van der Waals surface area contributed by atoms with E-state index < -0.39 is 11.7 Å². The number of rotatable bonds is 8. The van der Waals surface area contributed by atoms with Gasteiger partial charge in [0.2, 0.25) is 0 Å². The molecule has 0 aliphatic rings. The van der Waals surface area contributed by atoms with E-state index >= 15 is 0 Å². The van der Waals surface area contributed by atoms with Crippen LogP contribution >= 0.6 is 0 Å². The number of alkyl halides is 3. The van der Waals surface area contributed by atoms with E-state index in [1.54, 1.807) is 14.2 Å². The highest BCUT2D eigenvalue weighted by Crippen LogP contribution is 2.28. The number of hydrogen-bond acceptors (Lipinski definition) is 4. The van der Waals surface area contributed by atoms with Crippen molar-refractivity contribution in [3.63, 3.8) is 0 Å². The predicted molar refractivity (Wildman–Crippen MR) is 104 cm³/mol. The molecule has 0 aliphatic heterocycles. The third kappa shape index (κ3) is 6.98. The van der Waals surface area contributed by atoms with Crippen molar-refractivity contribution in [3.05, 3.63) is 53.7 Å². The van der Waals surface area contributed by atoms with Gasteiger partial charge in [-0.1, -0.05) is 12.1 Å². The Morgan fingerprint density at radius 2 is 1.82 bits per heavy atom. The maximum atomic E-state index is 12.5. The molecule has 0 atom stereocenters. The lowest BCUT2D eigenvalue weighted by Crippen LogP contribution is -2.37. The summed E-state index contributed by atoms with van der Waals surface area (Å²) in [6.07, 6.45) is -2.80. The molecule has 0 saturated carbocycles. The van der Waals surface area contributed by atoms with Crippen LogP contribution in [0.4, 0.5) is 19.0 Å². The normalized spacial score (nSPS) is 11.8. The maximum Gasteiger partial charge on any atom is 0.417 e. The molecule has 0 spiro atoms. The third-order valence-electron chi connectivity index (χ3n) is 3.89. The van der Waals surface area contributed by atoms with Crippen LogP contribution in [0.25, 0.3) is 0 Å². The van der Waals surface area contributed by atoms with Crippen LogP contribution in [0.5, 0.6) is 5.75 Å². The molecule has 2 aromatic rings. The number of ether oxygens (including phenoxy) is 1. The molecule has 0 amide bonds. The van der Waals surface area contributed by atoms with Crippen LogP contribution in [0.15, 0.2) is 47.6 Å². The number of anilines is 1. The molecular weight excluding hydrogens is 371 g/mol. The van der Waals surface area contributed by atoms with E-state index in [4.69, 9.17) is 4.74 Å².